The molecule has 2 heterocycles. The third-order valence-corrected chi connectivity index (χ3v) is 4.70. The van der Waals surface area contributed by atoms with Crippen LogP contribution in [0.4, 0.5) is 0 Å². The van der Waals surface area contributed by atoms with Gasteiger partial charge in [0.15, 0.2) is 12.4 Å². The maximum absolute atomic E-state index is 12.2. The molecule has 2 aromatic heterocycles. The third kappa shape index (κ3) is 2.63. The molecular formula is C15H17NO3S. The summed E-state index contributed by atoms with van der Waals surface area (Å²) in [7, 11) is 0. The fourth-order valence-corrected chi connectivity index (χ4v) is 3.78. The van der Waals surface area contributed by atoms with Gasteiger partial charge in [-0.2, -0.15) is 0 Å². The Balaban J connectivity index is 1.69. The van der Waals surface area contributed by atoms with E-state index in [0.29, 0.717) is 11.7 Å². The average Bonchev–Trinajstić information content (AvgIpc) is 3.01. The highest BCUT2D eigenvalue weighted by Crippen LogP contribution is 2.33. The van der Waals surface area contributed by atoms with Crippen molar-refractivity contribution in [3.05, 3.63) is 38.9 Å². The minimum absolute atomic E-state index is 0.140. The molecule has 5 heteroatoms. The molecule has 3 rings (SSSR count). The molecule has 1 aliphatic carbocycles. The number of carbonyl (C=O) groups is 1. The Labute approximate surface area is 121 Å². The molecule has 0 radical (unpaired) electrons. The van der Waals surface area contributed by atoms with Gasteiger partial charge in [0.25, 0.3) is 0 Å². The number of thiophene rings is 1. The van der Waals surface area contributed by atoms with Gasteiger partial charge in [-0.3, -0.25) is 0 Å². The summed E-state index contributed by atoms with van der Waals surface area (Å²) in [4.78, 5) is 13.5. The second kappa shape index (κ2) is 5.40. The van der Waals surface area contributed by atoms with E-state index in [0.717, 1.165) is 30.5 Å². The molecule has 0 amide bonds. The quantitative estimate of drug-likeness (QED) is 0.812. The normalized spacial score (nSPS) is 17.8. The fourth-order valence-electron chi connectivity index (χ4n) is 2.55. The predicted molar refractivity (Wildman–Crippen MR) is 75.9 cm³/mol. The van der Waals surface area contributed by atoms with Gasteiger partial charge in [-0.25, -0.2) is 4.79 Å². The van der Waals surface area contributed by atoms with Crippen LogP contribution in [0.3, 0.4) is 0 Å². The number of aryl methyl sites for hydroxylation is 1. The first-order chi connectivity index (χ1) is 9.63. The minimum atomic E-state index is -0.258. The first-order valence-electron chi connectivity index (χ1n) is 6.82. The average molecular weight is 291 g/mol. The lowest BCUT2D eigenvalue weighted by Crippen LogP contribution is -2.13. The van der Waals surface area contributed by atoms with Gasteiger partial charge in [-0.15, -0.1) is 11.3 Å². The molecule has 0 spiro atoms. The van der Waals surface area contributed by atoms with Crippen LogP contribution in [0.1, 0.15) is 45.6 Å². The maximum atomic E-state index is 12.2. The van der Waals surface area contributed by atoms with Crippen LogP contribution in [0.5, 0.6) is 0 Å². The lowest BCUT2D eigenvalue weighted by molar-refractivity contribution is 0.0436. The van der Waals surface area contributed by atoms with Gasteiger partial charge < -0.3 is 9.26 Å². The number of aromatic nitrogens is 1. The molecule has 0 aliphatic heterocycles. The van der Waals surface area contributed by atoms with E-state index in [1.54, 1.807) is 17.4 Å². The molecule has 0 saturated heterocycles. The van der Waals surface area contributed by atoms with Gasteiger partial charge in [-0.1, -0.05) is 12.1 Å². The highest BCUT2D eigenvalue weighted by Gasteiger charge is 2.24. The minimum Gasteiger partial charge on any atom is -0.454 e. The molecule has 0 saturated carbocycles. The molecule has 106 valence electrons. The Kier molecular flexibility index (Phi) is 3.61. The second-order valence-corrected chi connectivity index (χ2v) is 6.37. The Morgan fingerprint density at radius 1 is 1.60 bits per heavy atom. The zero-order valence-corrected chi connectivity index (χ0v) is 12.5. The van der Waals surface area contributed by atoms with E-state index < -0.39 is 0 Å². The molecule has 0 bridgehead atoms. The van der Waals surface area contributed by atoms with E-state index in [1.165, 1.54) is 10.4 Å². The van der Waals surface area contributed by atoms with E-state index in [9.17, 15) is 4.79 Å². The maximum Gasteiger partial charge on any atom is 0.339 e. The van der Waals surface area contributed by atoms with Crippen LogP contribution >= 0.6 is 11.3 Å². The molecule has 4 nitrogen and oxygen atoms in total. The summed E-state index contributed by atoms with van der Waals surface area (Å²) in [5, 5.41) is 5.70. The van der Waals surface area contributed by atoms with Gasteiger partial charge in [0.2, 0.25) is 0 Å². The van der Waals surface area contributed by atoms with E-state index in [1.807, 2.05) is 12.3 Å². The zero-order chi connectivity index (χ0) is 14.1. The van der Waals surface area contributed by atoms with E-state index in [-0.39, 0.29) is 12.6 Å². The van der Waals surface area contributed by atoms with Gasteiger partial charge >= 0.3 is 5.97 Å². The number of nitrogens with zero attached hydrogens (tertiary/aromatic N) is 1. The van der Waals surface area contributed by atoms with E-state index in [4.69, 9.17) is 9.26 Å². The molecule has 0 fully saturated rings. The number of hydrogen-bond acceptors (Lipinski definition) is 5. The van der Waals surface area contributed by atoms with Crippen LogP contribution < -0.4 is 0 Å². The lowest BCUT2D eigenvalue weighted by Gasteiger charge is -2.18. The summed E-state index contributed by atoms with van der Waals surface area (Å²) in [6.07, 6.45) is 3.20. The van der Waals surface area contributed by atoms with Gasteiger partial charge in [-0.05, 0) is 37.7 Å². The summed E-state index contributed by atoms with van der Waals surface area (Å²) in [5.74, 6) is 1.03. The molecule has 2 aromatic rings. The topological polar surface area (TPSA) is 52.3 Å². The third-order valence-electron chi connectivity index (χ3n) is 3.64. The predicted octanol–water partition coefficient (Wildman–Crippen LogP) is 3.53. The number of rotatable bonds is 3. The Morgan fingerprint density at radius 2 is 2.45 bits per heavy atom. The van der Waals surface area contributed by atoms with Crippen molar-refractivity contribution in [2.24, 2.45) is 5.92 Å². The van der Waals surface area contributed by atoms with Crippen molar-refractivity contribution in [3.8, 4) is 0 Å². The van der Waals surface area contributed by atoms with Crippen molar-refractivity contribution in [3.63, 3.8) is 0 Å². The summed E-state index contributed by atoms with van der Waals surface area (Å²) in [5.41, 5.74) is 2.71. The summed E-state index contributed by atoms with van der Waals surface area (Å²) < 4.78 is 10.3. The molecule has 0 aromatic carbocycles. The molecular weight excluding hydrogens is 274 g/mol. The van der Waals surface area contributed by atoms with Crippen LogP contribution in [-0.4, -0.2) is 11.1 Å². The largest absolute Gasteiger partial charge is 0.454 e. The van der Waals surface area contributed by atoms with Gasteiger partial charge in [0.1, 0.15) is 0 Å². The van der Waals surface area contributed by atoms with Crippen molar-refractivity contribution >= 4 is 17.3 Å². The first-order valence-corrected chi connectivity index (χ1v) is 7.70. The van der Waals surface area contributed by atoms with Crippen LogP contribution in [0.2, 0.25) is 0 Å². The Hall–Kier alpha value is -1.62. The number of ether oxygens (including phenoxy) is 1. The van der Waals surface area contributed by atoms with Crippen molar-refractivity contribution in [2.45, 2.75) is 39.7 Å². The molecule has 0 N–H and O–H groups in total. The number of fused-ring (bicyclic) bond motifs is 1. The summed E-state index contributed by atoms with van der Waals surface area (Å²) >= 11 is 1.67. The van der Waals surface area contributed by atoms with Crippen molar-refractivity contribution in [1.29, 1.82) is 0 Å². The van der Waals surface area contributed by atoms with Crippen molar-refractivity contribution < 1.29 is 14.1 Å². The highest BCUT2D eigenvalue weighted by atomic mass is 32.1. The summed E-state index contributed by atoms with van der Waals surface area (Å²) in [6, 6.07) is 1.78. The summed E-state index contributed by atoms with van der Waals surface area (Å²) in [6.45, 7) is 4.23. The Morgan fingerprint density at radius 3 is 3.20 bits per heavy atom. The van der Waals surface area contributed by atoms with Gasteiger partial charge in [0.05, 0.1) is 11.3 Å². The SMILES string of the molecule is Cc1cc(COC(=O)c2csc3c2CCC(C)C3)on1. The smallest absolute Gasteiger partial charge is 0.339 e. The first kappa shape index (κ1) is 13.4. The number of carbonyl (C=O) groups excluding carboxylic acids is 1. The molecule has 1 aliphatic rings. The molecule has 1 atom stereocenters. The van der Waals surface area contributed by atoms with Crippen LogP contribution in [0.25, 0.3) is 0 Å². The van der Waals surface area contributed by atoms with E-state index in [2.05, 4.69) is 12.1 Å². The molecule has 1 unspecified atom stereocenters. The van der Waals surface area contributed by atoms with Crippen LogP contribution in [0, 0.1) is 12.8 Å². The van der Waals surface area contributed by atoms with Crippen molar-refractivity contribution in [2.75, 3.05) is 0 Å². The van der Waals surface area contributed by atoms with E-state index >= 15 is 0 Å². The standard InChI is InChI=1S/C15H17NO3S/c1-9-3-4-12-13(8-20-14(12)5-9)15(17)18-7-11-6-10(2)16-19-11/h6,8-9H,3-5,7H2,1-2H3. The highest BCUT2D eigenvalue weighted by molar-refractivity contribution is 7.10. The van der Waals surface area contributed by atoms with Crippen LogP contribution in [0.15, 0.2) is 16.0 Å². The lowest BCUT2D eigenvalue weighted by atomic mass is 9.88. The number of esters is 1. The Bertz CT molecular complexity index is 629. The van der Waals surface area contributed by atoms with Crippen molar-refractivity contribution in [1.82, 2.24) is 5.16 Å². The number of hydrogen-bond donors (Lipinski definition) is 0. The zero-order valence-electron chi connectivity index (χ0n) is 11.6. The van der Waals surface area contributed by atoms with Gasteiger partial charge in [0, 0.05) is 16.3 Å². The van der Waals surface area contributed by atoms with Crippen LogP contribution in [-0.2, 0) is 24.2 Å². The molecule has 20 heavy (non-hydrogen) atoms. The fraction of sp³-hybridized carbons (Fsp3) is 0.467. The second-order valence-electron chi connectivity index (χ2n) is 5.41. The monoisotopic (exact) mass is 291 g/mol.